The van der Waals surface area contributed by atoms with E-state index in [1.165, 1.54) is 4.90 Å². The number of aliphatic carboxylic acids is 1. The third kappa shape index (κ3) is 4.77. The molecule has 3 aromatic rings. The van der Waals surface area contributed by atoms with Crippen molar-refractivity contribution in [1.82, 2.24) is 15.5 Å². The van der Waals surface area contributed by atoms with Gasteiger partial charge in [-0.3, -0.25) is 14.6 Å². The zero-order chi connectivity index (χ0) is 25.4. The molecule has 186 valence electrons. The highest BCUT2D eigenvalue weighted by atomic mass is 35.5. The molecule has 0 aliphatic carbocycles. The summed E-state index contributed by atoms with van der Waals surface area (Å²) in [6.07, 6.45) is 0. The molecular weight excluding hydrogens is 523 g/mol. The first-order chi connectivity index (χ1) is 17.3. The Morgan fingerprint density at radius 1 is 1.00 bits per heavy atom. The fourth-order valence-electron chi connectivity index (χ4n) is 4.77. The van der Waals surface area contributed by atoms with E-state index < -0.39 is 12.0 Å². The smallest absolute Gasteiger partial charge is 0.326 e. The number of nitrogens with zero attached hydrogens (tertiary/aromatic N) is 2. The first kappa shape index (κ1) is 24.9. The van der Waals surface area contributed by atoms with Crippen molar-refractivity contribution < 1.29 is 14.7 Å². The quantitative estimate of drug-likeness (QED) is 0.392. The molecule has 10 heteroatoms. The van der Waals surface area contributed by atoms with Gasteiger partial charge >= 0.3 is 12.0 Å². The zero-order valence-corrected chi connectivity index (χ0v) is 21.4. The highest BCUT2D eigenvalue weighted by Crippen LogP contribution is 2.44. The van der Waals surface area contributed by atoms with Crippen molar-refractivity contribution in [2.24, 2.45) is 0 Å². The van der Waals surface area contributed by atoms with Gasteiger partial charge in [0, 0.05) is 48.9 Å². The van der Waals surface area contributed by atoms with Gasteiger partial charge in [-0.15, -0.1) is 0 Å². The van der Waals surface area contributed by atoms with Crippen molar-refractivity contribution in [2.75, 3.05) is 24.5 Å². The maximum Gasteiger partial charge on any atom is 0.326 e. The largest absolute Gasteiger partial charge is 0.480 e. The monoisotopic (exact) mass is 544 g/mol. The van der Waals surface area contributed by atoms with Crippen LogP contribution in [0.3, 0.4) is 0 Å². The highest BCUT2D eigenvalue weighted by molar-refractivity contribution is 6.40. The van der Waals surface area contributed by atoms with Gasteiger partial charge in [0.05, 0.1) is 21.4 Å². The van der Waals surface area contributed by atoms with E-state index >= 15 is 0 Å². The molecule has 36 heavy (non-hydrogen) atoms. The van der Waals surface area contributed by atoms with Crippen LogP contribution in [0.1, 0.15) is 11.1 Å². The molecule has 0 saturated carbocycles. The van der Waals surface area contributed by atoms with Gasteiger partial charge in [0.25, 0.3) is 0 Å². The molecule has 1 atom stereocenters. The molecule has 7 nitrogen and oxygen atoms in total. The number of carboxylic acids is 1. The van der Waals surface area contributed by atoms with Crippen LogP contribution in [0, 0.1) is 0 Å². The van der Waals surface area contributed by atoms with Gasteiger partial charge in [0.2, 0.25) is 0 Å². The van der Waals surface area contributed by atoms with E-state index in [0.29, 0.717) is 59.2 Å². The third-order valence-corrected chi connectivity index (χ3v) is 7.38. The normalized spacial score (nSPS) is 18.0. The molecule has 5 rings (SSSR count). The Labute approximate surface area is 223 Å². The Balaban J connectivity index is 1.66. The van der Waals surface area contributed by atoms with Crippen LogP contribution in [0.15, 0.2) is 54.6 Å². The van der Waals surface area contributed by atoms with Gasteiger partial charge in [-0.05, 0) is 41.5 Å². The standard InChI is InChI=1S/C26H23Cl3N4O3/c27-19-5-2-1-4-16(19)17-10-15(13-32-9-8-30-22(14-32)25(34)35)11-23-18(17)12-31-26(36)33(23)24-20(28)6-3-7-21(24)29/h1-7,10-11,22,30H,8-9,12-14H2,(H,31,36)(H,34,35). The number of amides is 2. The van der Waals surface area contributed by atoms with Crippen molar-refractivity contribution in [3.8, 4) is 11.1 Å². The van der Waals surface area contributed by atoms with Crippen molar-refractivity contribution in [1.29, 1.82) is 0 Å². The number of para-hydroxylation sites is 1. The van der Waals surface area contributed by atoms with E-state index in [-0.39, 0.29) is 6.03 Å². The van der Waals surface area contributed by atoms with Crippen LogP contribution in [0.2, 0.25) is 15.1 Å². The number of carbonyl (C=O) groups is 2. The van der Waals surface area contributed by atoms with Crippen LogP contribution >= 0.6 is 34.8 Å². The Kier molecular flexibility index (Phi) is 7.10. The Morgan fingerprint density at radius 3 is 2.44 bits per heavy atom. The number of hydrogen-bond donors (Lipinski definition) is 3. The van der Waals surface area contributed by atoms with Crippen molar-refractivity contribution in [3.05, 3.63) is 80.8 Å². The number of piperazine rings is 1. The number of carbonyl (C=O) groups excluding carboxylic acids is 1. The summed E-state index contributed by atoms with van der Waals surface area (Å²) in [6, 6.07) is 15.7. The summed E-state index contributed by atoms with van der Waals surface area (Å²) in [5.74, 6) is -0.877. The second-order valence-corrected chi connectivity index (χ2v) is 9.99. The molecule has 0 aromatic heterocycles. The molecule has 1 saturated heterocycles. The summed E-state index contributed by atoms with van der Waals surface area (Å²) in [4.78, 5) is 28.3. The van der Waals surface area contributed by atoms with Crippen LogP contribution in [0.25, 0.3) is 11.1 Å². The molecule has 2 amide bonds. The maximum atomic E-state index is 13.2. The first-order valence-electron chi connectivity index (χ1n) is 11.4. The highest BCUT2D eigenvalue weighted by Gasteiger charge is 2.32. The van der Waals surface area contributed by atoms with E-state index in [0.717, 1.165) is 22.3 Å². The fourth-order valence-corrected chi connectivity index (χ4v) is 5.57. The van der Waals surface area contributed by atoms with Crippen LogP contribution in [-0.4, -0.2) is 47.7 Å². The van der Waals surface area contributed by atoms with E-state index in [1.807, 2.05) is 30.3 Å². The third-order valence-electron chi connectivity index (χ3n) is 6.44. The molecule has 3 aromatic carbocycles. The summed E-state index contributed by atoms with van der Waals surface area (Å²) in [6.45, 7) is 2.45. The van der Waals surface area contributed by atoms with Gasteiger partial charge < -0.3 is 15.7 Å². The lowest BCUT2D eigenvalue weighted by Crippen LogP contribution is -2.53. The number of halogens is 3. The minimum Gasteiger partial charge on any atom is -0.480 e. The van der Waals surface area contributed by atoms with Gasteiger partial charge in [-0.1, -0.05) is 59.1 Å². The van der Waals surface area contributed by atoms with E-state index in [2.05, 4.69) is 21.6 Å². The van der Waals surface area contributed by atoms with Crippen molar-refractivity contribution in [2.45, 2.75) is 19.1 Å². The molecule has 1 unspecified atom stereocenters. The molecule has 2 aliphatic heterocycles. The predicted molar refractivity (Wildman–Crippen MR) is 142 cm³/mol. The molecule has 2 heterocycles. The van der Waals surface area contributed by atoms with Crippen LogP contribution in [-0.2, 0) is 17.9 Å². The maximum absolute atomic E-state index is 13.2. The number of urea groups is 1. The lowest BCUT2D eigenvalue weighted by atomic mass is 9.93. The number of nitrogens with one attached hydrogen (secondary N) is 2. The summed E-state index contributed by atoms with van der Waals surface area (Å²) in [7, 11) is 0. The van der Waals surface area contributed by atoms with Crippen LogP contribution < -0.4 is 15.5 Å². The van der Waals surface area contributed by atoms with Crippen molar-refractivity contribution in [3.63, 3.8) is 0 Å². The second-order valence-electron chi connectivity index (χ2n) is 8.77. The topological polar surface area (TPSA) is 84.9 Å². The number of fused-ring (bicyclic) bond motifs is 1. The molecule has 0 spiro atoms. The number of anilines is 2. The lowest BCUT2D eigenvalue weighted by molar-refractivity contribution is -0.140. The average molecular weight is 546 g/mol. The molecular formula is C26H23Cl3N4O3. The Bertz CT molecular complexity index is 1330. The predicted octanol–water partition coefficient (Wildman–Crippen LogP) is 5.53. The van der Waals surface area contributed by atoms with Crippen LogP contribution in [0.4, 0.5) is 16.2 Å². The number of hydrogen-bond acceptors (Lipinski definition) is 4. The molecule has 2 aliphatic rings. The molecule has 0 radical (unpaired) electrons. The minimum absolute atomic E-state index is 0.308. The van der Waals surface area contributed by atoms with Gasteiger partial charge in [-0.25, -0.2) is 4.79 Å². The van der Waals surface area contributed by atoms with E-state index in [1.54, 1.807) is 18.2 Å². The SMILES string of the molecule is O=C(O)C1CN(Cc2cc(-c3ccccc3Cl)c3c(c2)N(c2c(Cl)cccc2Cl)C(=O)NC3)CCN1. The second kappa shape index (κ2) is 10.3. The minimum atomic E-state index is -0.877. The average Bonchev–Trinajstić information content (AvgIpc) is 2.85. The van der Waals surface area contributed by atoms with Crippen LogP contribution in [0.5, 0.6) is 0 Å². The number of rotatable bonds is 5. The summed E-state index contributed by atoms with van der Waals surface area (Å²) >= 11 is 19.6. The van der Waals surface area contributed by atoms with E-state index in [4.69, 9.17) is 34.8 Å². The van der Waals surface area contributed by atoms with Crippen molar-refractivity contribution >= 4 is 58.2 Å². The number of carboxylic acid groups (broad SMARTS) is 1. The number of benzene rings is 3. The fraction of sp³-hybridized carbons (Fsp3) is 0.231. The Hall–Kier alpha value is -2.81. The zero-order valence-electron chi connectivity index (χ0n) is 19.1. The van der Waals surface area contributed by atoms with E-state index in [9.17, 15) is 14.7 Å². The molecule has 1 fully saturated rings. The summed E-state index contributed by atoms with van der Waals surface area (Å²) < 4.78 is 0. The lowest BCUT2D eigenvalue weighted by Gasteiger charge is -2.35. The summed E-state index contributed by atoms with van der Waals surface area (Å²) in [5.41, 5.74) is 4.57. The van der Waals surface area contributed by atoms with Gasteiger partial charge in [0.1, 0.15) is 6.04 Å². The van der Waals surface area contributed by atoms with Gasteiger partial charge in [0.15, 0.2) is 0 Å². The Morgan fingerprint density at radius 2 is 1.72 bits per heavy atom. The summed E-state index contributed by atoms with van der Waals surface area (Å²) in [5, 5.41) is 16.7. The first-order valence-corrected chi connectivity index (χ1v) is 12.6. The van der Waals surface area contributed by atoms with Gasteiger partial charge in [-0.2, -0.15) is 0 Å². The molecule has 3 N–H and O–H groups in total. The molecule has 0 bridgehead atoms.